The van der Waals surface area contributed by atoms with E-state index in [-0.39, 0.29) is 23.7 Å². The smallest absolute Gasteiger partial charge is 0.418 e. The predicted molar refractivity (Wildman–Crippen MR) is 110 cm³/mol. The van der Waals surface area contributed by atoms with Crippen LogP contribution in [0.15, 0.2) is 48.5 Å². The normalized spacial score (nSPS) is 18.7. The van der Waals surface area contributed by atoms with E-state index in [9.17, 15) is 9.59 Å². The maximum atomic E-state index is 12.8. The van der Waals surface area contributed by atoms with Crippen LogP contribution in [-0.4, -0.2) is 23.1 Å². The molecule has 0 saturated carbocycles. The van der Waals surface area contributed by atoms with Crippen LogP contribution in [-0.2, 0) is 22.4 Å². The Bertz CT molecular complexity index is 1050. The predicted octanol–water partition coefficient (Wildman–Crippen LogP) is 5.04. The summed E-state index contributed by atoms with van der Waals surface area (Å²) in [4.78, 5) is 25.3. The van der Waals surface area contributed by atoms with Crippen LogP contribution in [0.1, 0.15) is 42.1 Å². The fraction of sp³-hybridized carbons (Fsp3) is 0.333. The second-order valence-electron chi connectivity index (χ2n) is 7.62. The zero-order valence-electron chi connectivity index (χ0n) is 16.6. The van der Waals surface area contributed by atoms with Crippen LogP contribution in [0.4, 0.5) is 4.79 Å². The van der Waals surface area contributed by atoms with Crippen LogP contribution in [0.25, 0.3) is 10.9 Å². The summed E-state index contributed by atoms with van der Waals surface area (Å²) >= 11 is 0. The number of hydrogen-bond acceptors (Lipinski definition) is 3. The summed E-state index contributed by atoms with van der Waals surface area (Å²) < 4.78 is 7.06. The van der Waals surface area contributed by atoms with Gasteiger partial charge >= 0.3 is 6.09 Å². The number of nitrogens with zero attached hydrogens (tertiary/aromatic N) is 1. The van der Waals surface area contributed by atoms with Crippen molar-refractivity contribution in [2.75, 3.05) is 6.61 Å². The van der Waals surface area contributed by atoms with Crippen molar-refractivity contribution in [3.8, 4) is 0 Å². The van der Waals surface area contributed by atoms with E-state index in [1.54, 1.807) is 11.5 Å². The molecule has 144 valence electrons. The van der Waals surface area contributed by atoms with Gasteiger partial charge in [0.25, 0.3) is 0 Å². The molecule has 0 bridgehead atoms. The van der Waals surface area contributed by atoms with Gasteiger partial charge in [0.1, 0.15) is 5.78 Å². The summed E-state index contributed by atoms with van der Waals surface area (Å²) in [5, 5.41) is 1.04. The van der Waals surface area contributed by atoms with Crippen molar-refractivity contribution >= 4 is 22.8 Å². The third kappa shape index (κ3) is 3.03. The Morgan fingerprint density at radius 1 is 1.07 bits per heavy atom. The highest BCUT2D eigenvalue weighted by molar-refractivity contribution is 5.95. The summed E-state index contributed by atoms with van der Waals surface area (Å²) in [5.41, 5.74) is 5.28. The highest BCUT2D eigenvalue weighted by atomic mass is 16.5. The van der Waals surface area contributed by atoms with Crippen molar-refractivity contribution in [3.05, 3.63) is 70.9 Å². The second kappa shape index (κ2) is 7.27. The number of hydrogen-bond donors (Lipinski definition) is 0. The molecule has 4 rings (SSSR count). The number of fused-ring (bicyclic) bond motifs is 3. The number of Topliss-reactive ketones (excluding diaryl/α,β-unsaturated/α-hetero) is 1. The highest BCUT2D eigenvalue weighted by Gasteiger charge is 2.37. The van der Waals surface area contributed by atoms with Crippen molar-refractivity contribution in [1.82, 2.24) is 4.57 Å². The molecule has 0 fully saturated rings. The fourth-order valence-electron chi connectivity index (χ4n) is 4.50. The maximum Gasteiger partial charge on any atom is 0.418 e. The molecule has 4 heteroatoms. The lowest BCUT2D eigenvalue weighted by Crippen LogP contribution is -2.30. The third-order valence-corrected chi connectivity index (χ3v) is 5.89. The van der Waals surface area contributed by atoms with E-state index in [1.165, 1.54) is 5.56 Å². The number of ether oxygens (including phenoxy) is 1. The zero-order chi connectivity index (χ0) is 19.8. The molecule has 3 aromatic rings. The van der Waals surface area contributed by atoms with Gasteiger partial charge in [-0.15, -0.1) is 0 Å². The minimum absolute atomic E-state index is 0.0584. The Morgan fingerprint density at radius 2 is 1.79 bits per heavy atom. The number of benzene rings is 2. The Labute approximate surface area is 165 Å². The quantitative estimate of drug-likeness (QED) is 0.644. The van der Waals surface area contributed by atoms with Gasteiger partial charge in [0, 0.05) is 17.0 Å². The van der Waals surface area contributed by atoms with Gasteiger partial charge in [0.15, 0.2) is 0 Å². The van der Waals surface area contributed by atoms with Crippen LogP contribution in [0, 0.1) is 12.8 Å². The average Bonchev–Trinajstić information content (AvgIpc) is 3.01. The first-order chi connectivity index (χ1) is 13.5. The second-order valence-corrected chi connectivity index (χ2v) is 7.62. The summed E-state index contributed by atoms with van der Waals surface area (Å²) in [5.74, 6) is 0.170. The number of aryl methyl sites for hydroxylation is 1. The summed E-state index contributed by atoms with van der Waals surface area (Å²) in [6.45, 7) is 5.89. The van der Waals surface area contributed by atoms with Crippen LogP contribution in [0.2, 0.25) is 0 Å². The van der Waals surface area contributed by atoms with E-state index < -0.39 is 0 Å². The molecule has 2 atom stereocenters. The van der Waals surface area contributed by atoms with Gasteiger partial charge in [0.05, 0.1) is 12.1 Å². The summed E-state index contributed by atoms with van der Waals surface area (Å²) in [6, 6.07) is 16.3. The molecule has 1 aliphatic carbocycles. The Balaban J connectivity index is 1.89. The van der Waals surface area contributed by atoms with E-state index in [0.29, 0.717) is 19.4 Å². The lowest BCUT2D eigenvalue weighted by atomic mass is 9.72. The Morgan fingerprint density at radius 3 is 2.46 bits per heavy atom. The Kier molecular flexibility index (Phi) is 4.80. The molecule has 1 aliphatic rings. The van der Waals surface area contributed by atoms with E-state index in [4.69, 9.17) is 4.74 Å². The van der Waals surface area contributed by atoms with Crippen molar-refractivity contribution in [2.45, 2.75) is 39.5 Å². The first kappa shape index (κ1) is 18.5. The summed E-state index contributed by atoms with van der Waals surface area (Å²) in [7, 11) is 0. The monoisotopic (exact) mass is 375 g/mol. The molecule has 0 saturated heterocycles. The summed E-state index contributed by atoms with van der Waals surface area (Å²) in [6.07, 6.45) is 0.954. The molecular weight excluding hydrogens is 350 g/mol. The minimum atomic E-state index is -0.344. The molecule has 0 amide bonds. The molecule has 1 aromatic heterocycles. The van der Waals surface area contributed by atoms with Crippen molar-refractivity contribution < 1.29 is 14.3 Å². The standard InChI is InChI=1S/C24H25NO3/c1-4-28-24(27)25-22-8-6-5-7-18(22)21-13-19(16(3)26)20(14-23(21)25)17-11-9-15(2)10-12-17/h5-12,19-20H,4,13-14H2,1-3H3/t19-,20-/m0/s1. The van der Waals surface area contributed by atoms with Gasteiger partial charge in [-0.2, -0.15) is 0 Å². The molecule has 0 unspecified atom stereocenters. The van der Waals surface area contributed by atoms with Gasteiger partial charge in [-0.3, -0.25) is 4.79 Å². The van der Waals surface area contributed by atoms with Crippen LogP contribution in [0.3, 0.4) is 0 Å². The number of carbonyl (C=O) groups excluding carboxylic acids is 2. The molecule has 4 nitrogen and oxygen atoms in total. The Hall–Kier alpha value is -2.88. The van der Waals surface area contributed by atoms with Gasteiger partial charge in [-0.1, -0.05) is 48.0 Å². The zero-order valence-corrected chi connectivity index (χ0v) is 16.6. The topological polar surface area (TPSA) is 48.3 Å². The first-order valence-corrected chi connectivity index (χ1v) is 9.86. The van der Waals surface area contributed by atoms with Crippen molar-refractivity contribution in [2.24, 2.45) is 5.92 Å². The SMILES string of the molecule is CCOC(=O)n1c2c(c3ccccc31)C[C@@H](C(C)=O)[C@H](c1ccc(C)cc1)C2. The van der Waals surface area contributed by atoms with E-state index in [2.05, 4.69) is 31.2 Å². The van der Waals surface area contributed by atoms with E-state index in [1.807, 2.05) is 31.2 Å². The van der Waals surface area contributed by atoms with Crippen LogP contribution < -0.4 is 0 Å². The lowest BCUT2D eigenvalue weighted by Gasteiger charge is -2.31. The fourth-order valence-corrected chi connectivity index (χ4v) is 4.50. The highest BCUT2D eigenvalue weighted by Crippen LogP contribution is 2.42. The number of rotatable bonds is 3. The van der Waals surface area contributed by atoms with Crippen molar-refractivity contribution in [3.63, 3.8) is 0 Å². The average molecular weight is 375 g/mol. The molecule has 28 heavy (non-hydrogen) atoms. The van der Waals surface area contributed by atoms with E-state index >= 15 is 0 Å². The van der Waals surface area contributed by atoms with Crippen LogP contribution >= 0.6 is 0 Å². The number of carbonyl (C=O) groups is 2. The van der Waals surface area contributed by atoms with Gasteiger partial charge < -0.3 is 4.74 Å². The van der Waals surface area contributed by atoms with Crippen molar-refractivity contribution in [1.29, 1.82) is 0 Å². The molecule has 1 heterocycles. The van der Waals surface area contributed by atoms with Gasteiger partial charge in [0.2, 0.25) is 0 Å². The molecule has 0 aliphatic heterocycles. The number of aromatic nitrogens is 1. The number of para-hydroxylation sites is 1. The van der Waals surface area contributed by atoms with Crippen LogP contribution in [0.5, 0.6) is 0 Å². The minimum Gasteiger partial charge on any atom is -0.449 e. The molecule has 2 aromatic carbocycles. The van der Waals surface area contributed by atoms with Gasteiger partial charge in [-0.25, -0.2) is 9.36 Å². The molecule has 0 radical (unpaired) electrons. The maximum absolute atomic E-state index is 12.8. The molecule has 0 spiro atoms. The largest absolute Gasteiger partial charge is 0.449 e. The molecule has 0 N–H and O–H groups in total. The lowest BCUT2D eigenvalue weighted by molar-refractivity contribution is -0.121. The first-order valence-electron chi connectivity index (χ1n) is 9.86. The third-order valence-electron chi connectivity index (χ3n) is 5.89. The molecular formula is C24H25NO3. The van der Waals surface area contributed by atoms with E-state index in [0.717, 1.165) is 27.7 Å². The number of ketones is 1. The van der Waals surface area contributed by atoms with Gasteiger partial charge in [-0.05, 0) is 56.7 Å².